The van der Waals surface area contributed by atoms with E-state index in [0.29, 0.717) is 23.1 Å². The lowest BCUT2D eigenvalue weighted by Crippen LogP contribution is -2.33. The van der Waals surface area contributed by atoms with E-state index in [4.69, 9.17) is 4.74 Å². The van der Waals surface area contributed by atoms with Crippen molar-refractivity contribution in [2.45, 2.75) is 45.1 Å². The fourth-order valence-corrected chi connectivity index (χ4v) is 4.26. The molecule has 23 heavy (non-hydrogen) atoms. The maximum absolute atomic E-state index is 11.9. The number of methoxy groups -OCH3 is 1. The number of aliphatic hydroxyl groups is 1. The summed E-state index contributed by atoms with van der Waals surface area (Å²) in [5, 5.41) is 14.6. The second kappa shape index (κ2) is 6.05. The van der Waals surface area contributed by atoms with Gasteiger partial charge in [-0.25, -0.2) is 14.8 Å². The third kappa shape index (κ3) is 3.03. The Kier molecular flexibility index (Phi) is 4.25. The van der Waals surface area contributed by atoms with E-state index >= 15 is 0 Å². The van der Waals surface area contributed by atoms with E-state index < -0.39 is 5.60 Å². The lowest BCUT2D eigenvalue weighted by Gasteiger charge is -2.23. The van der Waals surface area contributed by atoms with E-state index in [-0.39, 0.29) is 5.97 Å². The first kappa shape index (κ1) is 16.1. The van der Waals surface area contributed by atoms with Crippen molar-refractivity contribution in [3.8, 4) is 0 Å². The predicted octanol–water partition coefficient (Wildman–Crippen LogP) is 2.81. The lowest BCUT2D eigenvalue weighted by atomic mass is 10.0. The average molecular weight is 335 g/mol. The number of fused-ring (bicyclic) bond motifs is 1. The monoisotopic (exact) mass is 335 g/mol. The summed E-state index contributed by atoms with van der Waals surface area (Å²) < 4.78 is 4.84. The van der Waals surface area contributed by atoms with Gasteiger partial charge in [0.2, 0.25) is 0 Å². The molecule has 1 fully saturated rings. The summed E-state index contributed by atoms with van der Waals surface area (Å²) in [7, 11) is 1.37. The minimum atomic E-state index is -0.666. The molecular formula is C16H21N3O3S. The van der Waals surface area contributed by atoms with Gasteiger partial charge in [0.25, 0.3) is 0 Å². The van der Waals surface area contributed by atoms with E-state index in [9.17, 15) is 9.90 Å². The zero-order chi connectivity index (χ0) is 16.6. The van der Waals surface area contributed by atoms with Crippen molar-refractivity contribution >= 4 is 33.3 Å². The summed E-state index contributed by atoms with van der Waals surface area (Å²) in [5.41, 5.74) is 0.151. The predicted molar refractivity (Wildman–Crippen MR) is 90.1 cm³/mol. The van der Waals surface area contributed by atoms with Gasteiger partial charge in [0.05, 0.1) is 18.1 Å². The van der Waals surface area contributed by atoms with Gasteiger partial charge in [0.15, 0.2) is 0 Å². The largest absolute Gasteiger partial charge is 0.465 e. The second-order valence-corrected chi connectivity index (χ2v) is 7.13. The first-order chi connectivity index (χ1) is 10.9. The van der Waals surface area contributed by atoms with Gasteiger partial charge in [0.1, 0.15) is 21.3 Å². The highest BCUT2D eigenvalue weighted by Gasteiger charge is 2.31. The SMILES string of the molecule is COC(=O)c1sc2nc(C)nc(NCC3(O)CCCC3)c2c1C. The highest BCUT2D eigenvalue weighted by Crippen LogP contribution is 2.35. The maximum atomic E-state index is 11.9. The van der Waals surface area contributed by atoms with Crippen LogP contribution in [0.1, 0.15) is 46.7 Å². The molecule has 0 aliphatic heterocycles. The number of hydrogen-bond acceptors (Lipinski definition) is 7. The van der Waals surface area contributed by atoms with Gasteiger partial charge in [-0.1, -0.05) is 12.8 Å². The number of aryl methyl sites for hydroxylation is 2. The number of rotatable bonds is 4. The molecule has 0 saturated heterocycles. The summed E-state index contributed by atoms with van der Waals surface area (Å²) in [5.74, 6) is 0.955. The van der Waals surface area contributed by atoms with Crippen LogP contribution >= 0.6 is 11.3 Å². The Labute approximate surface area is 138 Å². The van der Waals surface area contributed by atoms with Crippen molar-refractivity contribution in [1.29, 1.82) is 0 Å². The fourth-order valence-electron chi connectivity index (χ4n) is 3.12. The number of esters is 1. The van der Waals surface area contributed by atoms with Crippen molar-refractivity contribution in [3.63, 3.8) is 0 Å². The Balaban J connectivity index is 1.98. The van der Waals surface area contributed by atoms with Gasteiger partial charge in [-0.15, -0.1) is 11.3 Å². The summed E-state index contributed by atoms with van der Waals surface area (Å²) in [4.78, 5) is 22.1. The van der Waals surface area contributed by atoms with E-state index in [1.165, 1.54) is 18.4 Å². The second-order valence-electron chi connectivity index (χ2n) is 6.13. The summed E-state index contributed by atoms with van der Waals surface area (Å²) in [6, 6.07) is 0. The molecule has 0 unspecified atom stereocenters. The van der Waals surface area contributed by atoms with Crippen molar-refractivity contribution in [3.05, 3.63) is 16.3 Å². The van der Waals surface area contributed by atoms with E-state index in [2.05, 4.69) is 15.3 Å². The Morgan fingerprint density at radius 2 is 2.04 bits per heavy atom. The van der Waals surface area contributed by atoms with Gasteiger partial charge in [-0.2, -0.15) is 0 Å². The maximum Gasteiger partial charge on any atom is 0.348 e. The first-order valence-electron chi connectivity index (χ1n) is 7.76. The van der Waals surface area contributed by atoms with Gasteiger partial charge >= 0.3 is 5.97 Å². The van der Waals surface area contributed by atoms with E-state index in [1.54, 1.807) is 0 Å². The summed E-state index contributed by atoms with van der Waals surface area (Å²) in [6.07, 6.45) is 3.73. The van der Waals surface area contributed by atoms with Crippen LogP contribution in [0, 0.1) is 13.8 Å². The number of ether oxygens (including phenoxy) is 1. The number of thiophene rings is 1. The zero-order valence-electron chi connectivity index (χ0n) is 13.6. The third-order valence-electron chi connectivity index (χ3n) is 4.39. The highest BCUT2D eigenvalue weighted by atomic mass is 32.1. The topological polar surface area (TPSA) is 84.3 Å². The smallest absolute Gasteiger partial charge is 0.348 e. The molecule has 1 aliphatic rings. The zero-order valence-corrected chi connectivity index (χ0v) is 14.4. The van der Waals surface area contributed by atoms with Crippen LogP contribution in [-0.2, 0) is 4.74 Å². The number of carbonyl (C=O) groups excluding carboxylic acids is 1. The van der Waals surface area contributed by atoms with Gasteiger partial charge in [0, 0.05) is 6.54 Å². The molecule has 0 aromatic carbocycles. The van der Waals surface area contributed by atoms with Crippen molar-refractivity contribution in [2.24, 2.45) is 0 Å². The number of nitrogens with one attached hydrogen (secondary N) is 1. The summed E-state index contributed by atoms with van der Waals surface area (Å²) >= 11 is 1.31. The Morgan fingerprint density at radius 1 is 1.35 bits per heavy atom. The molecule has 7 heteroatoms. The average Bonchev–Trinajstić information content (AvgIpc) is 3.09. The van der Waals surface area contributed by atoms with Gasteiger partial charge in [-0.3, -0.25) is 0 Å². The van der Waals surface area contributed by atoms with Crippen molar-refractivity contribution in [2.75, 3.05) is 19.0 Å². The lowest BCUT2D eigenvalue weighted by molar-refractivity contribution is 0.0601. The molecule has 2 N–H and O–H groups in total. The molecule has 1 aliphatic carbocycles. The molecule has 2 aromatic heterocycles. The molecule has 2 aromatic rings. The van der Waals surface area contributed by atoms with Crippen molar-refractivity contribution in [1.82, 2.24) is 9.97 Å². The molecular weight excluding hydrogens is 314 g/mol. The van der Waals surface area contributed by atoms with E-state index in [1.807, 2.05) is 13.8 Å². The van der Waals surface area contributed by atoms with Gasteiger partial charge < -0.3 is 15.2 Å². The molecule has 2 heterocycles. The van der Waals surface area contributed by atoms with Crippen molar-refractivity contribution < 1.29 is 14.6 Å². The molecule has 124 valence electrons. The molecule has 3 rings (SSSR count). The standard InChI is InChI=1S/C16H21N3O3S/c1-9-11-13(17-8-16(21)6-4-5-7-16)18-10(2)19-14(11)23-12(9)15(20)22-3/h21H,4-8H2,1-3H3,(H,17,18,19). The Morgan fingerprint density at radius 3 is 2.70 bits per heavy atom. The Hall–Kier alpha value is -1.73. The number of carbonyl (C=O) groups is 1. The molecule has 1 saturated carbocycles. The van der Waals surface area contributed by atoms with Crippen LogP contribution in [-0.4, -0.2) is 40.3 Å². The number of nitrogens with zero attached hydrogens (tertiary/aromatic N) is 2. The minimum absolute atomic E-state index is 0.358. The quantitative estimate of drug-likeness (QED) is 0.836. The van der Waals surface area contributed by atoms with Crippen LogP contribution < -0.4 is 5.32 Å². The normalized spacial score (nSPS) is 16.7. The highest BCUT2D eigenvalue weighted by molar-refractivity contribution is 7.20. The van der Waals surface area contributed by atoms with Crippen LogP contribution in [0.3, 0.4) is 0 Å². The van der Waals surface area contributed by atoms with Crippen LogP contribution in [0.4, 0.5) is 5.82 Å². The minimum Gasteiger partial charge on any atom is -0.465 e. The van der Waals surface area contributed by atoms with Crippen LogP contribution in [0.25, 0.3) is 10.2 Å². The fraction of sp³-hybridized carbons (Fsp3) is 0.562. The molecule has 0 bridgehead atoms. The van der Waals surface area contributed by atoms with Crippen LogP contribution in [0.5, 0.6) is 0 Å². The molecule has 6 nitrogen and oxygen atoms in total. The molecule has 0 radical (unpaired) electrons. The molecule has 0 atom stereocenters. The molecule has 0 spiro atoms. The number of anilines is 1. The summed E-state index contributed by atoms with van der Waals surface area (Å²) in [6.45, 7) is 4.16. The number of aromatic nitrogens is 2. The van der Waals surface area contributed by atoms with Crippen LogP contribution in [0.2, 0.25) is 0 Å². The first-order valence-corrected chi connectivity index (χ1v) is 8.57. The van der Waals surface area contributed by atoms with E-state index in [0.717, 1.165) is 41.5 Å². The third-order valence-corrected chi connectivity index (χ3v) is 5.56. The Bertz CT molecular complexity index is 751. The number of hydrogen-bond donors (Lipinski definition) is 2. The van der Waals surface area contributed by atoms with Gasteiger partial charge in [-0.05, 0) is 32.3 Å². The van der Waals surface area contributed by atoms with Crippen LogP contribution in [0.15, 0.2) is 0 Å². The molecule has 0 amide bonds.